The third-order valence-corrected chi connectivity index (χ3v) is 9.09. The first-order chi connectivity index (χ1) is 7.40. The zero-order valence-corrected chi connectivity index (χ0v) is 11.8. The number of hydrogen-bond donors (Lipinski definition) is 3. The zero-order chi connectivity index (χ0) is 12.7. The van der Waals surface area contributed by atoms with Crippen LogP contribution < -0.4 is 17.2 Å². The van der Waals surface area contributed by atoms with Crippen LogP contribution in [0.15, 0.2) is 0 Å². The summed E-state index contributed by atoms with van der Waals surface area (Å²) in [5.41, 5.74) is 16.4. The van der Waals surface area contributed by atoms with Crippen LogP contribution in [-0.2, 0) is 26.0 Å². The Morgan fingerprint density at radius 1 is 1.06 bits per heavy atom. The summed E-state index contributed by atoms with van der Waals surface area (Å²) >= 11 is -4.68. The molecule has 0 unspecified atom stereocenters. The summed E-state index contributed by atoms with van der Waals surface area (Å²) in [6.45, 7) is 4.68. The molecule has 0 amide bonds. The number of nitrogens with two attached hydrogens (primary N) is 3. The maximum absolute atomic E-state index is 13.0. The van der Waals surface area contributed by atoms with E-state index in [0.717, 1.165) is 0 Å². The molecule has 0 heterocycles. The maximum atomic E-state index is 13.0. The number of hydrogen-bond acceptors (Lipinski definition) is 6. The van der Waals surface area contributed by atoms with E-state index in [1.165, 1.54) is 0 Å². The second-order valence-corrected chi connectivity index (χ2v) is 10.9. The molecule has 6 nitrogen and oxygen atoms in total. The summed E-state index contributed by atoms with van der Waals surface area (Å²) < 4.78 is 24.6. The Morgan fingerprint density at radius 3 is 1.88 bits per heavy atom. The predicted molar refractivity (Wildman–Crippen MR) is 59.6 cm³/mol. The molecule has 0 aliphatic rings. The van der Waals surface area contributed by atoms with Gasteiger partial charge in [0.15, 0.2) is 0 Å². The summed E-state index contributed by atoms with van der Waals surface area (Å²) in [5, 5.41) is 0. The van der Waals surface area contributed by atoms with Crippen molar-refractivity contribution in [1.82, 2.24) is 0 Å². The second kappa shape index (κ2) is 6.91. The van der Waals surface area contributed by atoms with E-state index in [0.29, 0.717) is 6.54 Å². The van der Waals surface area contributed by atoms with Crippen LogP contribution in [-0.4, -0.2) is 32.3 Å². The molecule has 0 spiro atoms. The second-order valence-electron chi connectivity index (χ2n) is 4.25. The molecule has 0 rings (SSSR count). The van der Waals surface area contributed by atoms with Crippen LogP contribution >= 0.6 is 0 Å². The summed E-state index contributed by atoms with van der Waals surface area (Å²) in [4.78, 5) is 0. The van der Waals surface area contributed by atoms with Crippen LogP contribution in [0.3, 0.4) is 0 Å². The van der Waals surface area contributed by atoms with Crippen LogP contribution in [0.5, 0.6) is 0 Å². The van der Waals surface area contributed by atoms with E-state index in [2.05, 4.69) is 0 Å². The van der Waals surface area contributed by atoms with Gasteiger partial charge in [-0.05, 0) is 0 Å². The Bertz CT molecular complexity index is 248. The molecule has 0 aromatic rings. The molecule has 0 aliphatic heterocycles. The quantitative estimate of drug-likeness (QED) is 0.509. The molecule has 98 valence electrons. The summed E-state index contributed by atoms with van der Waals surface area (Å²) in [6.07, 6.45) is -0.176. The fraction of sp³-hybridized carbons (Fsp3) is 1.00. The van der Waals surface area contributed by atoms with Crippen molar-refractivity contribution in [2.24, 2.45) is 17.2 Å². The third-order valence-electron chi connectivity index (χ3n) is 2.30. The van der Waals surface area contributed by atoms with E-state index in [1.54, 1.807) is 0 Å². The van der Waals surface area contributed by atoms with Crippen LogP contribution in [0, 0.1) is 0 Å². The van der Waals surface area contributed by atoms with Gasteiger partial charge in [-0.15, -0.1) is 0 Å². The van der Waals surface area contributed by atoms with Crippen molar-refractivity contribution >= 4 is 0 Å². The Balaban J connectivity index is 4.95. The van der Waals surface area contributed by atoms with Gasteiger partial charge in [0.2, 0.25) is 0 Å². The van der Waals surface area contributed by atoms with Crippen LogP contribution in [0.4, 0.5) is 0 Å². The molecule has 0 radical (unpaired) electrons. The van der Waals surface area contributed by atoms with Crippen molar-refractivity contribution < 1.29 is 26.0 Å². The van der Waals surface area contributed by atoms with Crippen LogP contribution in [0.2, 0.25) is 9.45 Å². The van der Waals surface area contributed by atoms with Crippen molar-refractivity contribution in [3.8, 4) is 0 Å². The molecule has 7 heteroatoms. The molecular weight excluding hydrogens is 246 g/mol. The molecule has 6 N–H and O–H groups in total. The third kappa shape index (κ3) is 5.10. The molecule has 0 aliphatic carbocycles. The molecule has 16 heavy (non-hydrogen) atoms. The van der Waals surface area contributed by atoms with Crippen molar-refractivity contribution in [1.29, 1.82) is 0 Å². The van der Waals surface area contributed by atoms with E-state index in [4.69, 9.17) is 23.8 Å². The van der Waals surface area contributed by atoms with Gasteiger partial charge in [0, 0.05) is 0 Å². The normalized spacial score (nSPS) is 13.4. The van der Waals surface area contributed by atoms with E-state index < -0.39 is 16.1 Å². The minimum atomic E-state index is -4.68. The van der Waals surface area contributed by atoms with E-state index in [-0.39, 0.29) is 35.3 Å². The summed E-state index contributed by atoms with van der Waals surface area (Å²) in [6, 6.07) is 0. The molecule has 0 fully saturated rings. The fourth-order valence-electron chi connectivity index (χ4n) is 1.79. The van der Waals surface area contributed by atoms with Crippen molar-refractivity contribution in [2.75, 3.05) is 26.2 Å². The van der Waals surface area contributed by atoms with Crippen molar-refractivity contribution in [3.63, 3.8) is 0 Å². The van der Waals surface area contributed by atoms with Gasteiger partial charge in [-0.1, -0.05) is 0 Å². The molecule has 0 atom stereocenters. The summed E-state index contributed by atoms with van der Waals surface area (Å²) in [7, 11) is 0. The predicted octanol–water partition coefficient (Wildman–Crippen LogP) is 0.00580. The first-order valence-electron chi connectivity index (χ1n) is 5.72. The Morgan fingerprint density at radius 2 is 1.56 bits per heavy atom. The molecule has 0 bridgehead atoms. The van der Waals surface area contributed by atoms with Gasteiger partial charge < -0.3 is 0 Å². The van der Waals surface area contributed by atoms with Gasteiger partial charge in [-0.3, -0.25) is 0 Å². The standard InChI is InChI=1S/C3H7O.C2H6NO.2C2H6N.O.Ti/c1-3(2)4;3-1-2-4;2*1-2-3;;/h3H,1-2H3;1-3H2;2*1-3H2;;/q2*-1;;;;+2. The van der Waals surface area contributed by atoms with E-state index in [1.807, 2.05) is 13.8 Å². The Hall–Kier alpha value is 0.314. The van der Waals surface area contributed by atoms with Gasteiger partial charge in [-0.25, -0.2) is 0 Å². The van der Waals surface area contributed by atoms with Crippen LogP contribution in [0.25, 0.3) is 0 Å². The number of rotatable bonds is 9. The molecule has 0 aromatic heterocycles. The monoisotopic (exact) mass is 271 g/mol. The first-order valence-corrected chi connectivity index (χ1v) is 9.84. The van der Waals surface area contributed by atoms with Gasteiger partial charge in [-0.2, -0.15) is 0 Å². The van der Waals surface area contributed by atoms with E-state index in [9.17, 15) is 3.32 Å². The fourth-order valence-corrected chi connectivity index (χ4v) is 7.39. The minimum absolute atomic E-state index is 0.176. The Labute approximate surface area is 99.0 Å². The average molecular weight is 271 g/mol. The van der Waals surface area contributed by atoms with Gasteiger partial charge in [0.05, 0.1) is 0 Å². The summed E-state index contributed by atoms with van der Waals surface area (Å²) in [5.74, 6) is 0. The van der Waals surface area contributed by atoms with E-state index >= 15 is 0 Å². The Kier molecular flexibility index (Phi) is 7.04. The van der Waals surface area contributed by atoms with Crippen molar-refractivity contribution in [2.45, 2.75) is 29.4 Å². The molecule has 0 saturated heterocycles. The van der Waals surface area contributed by atoms with Gasteiger partial charge in [0.25, 0.3) is 0 Å². The molecule has 0 aromatic carbocycles. The topological polar surface area (TPSA) is 114 Å². The first kappa shape index (κ1) is 16.3. The van der Waals surface area contributed by atoms with Gasteiger partial charge in [0.1, 0.15) is 0 Å². The van der Waals surface area contributed by atoms with Crippen LogP contribution in [0.1, 0.15) is 13.8 Å². The SMILES string of the molecule is CC(C)[O][Ti](=[O])([CH2]CN)([CH2]CN)[O]CCN. The average Bonchev–Trinajstić information content (AvgIpc) is 2.14. The van der Waals surface area contributed by atoms with Crippen molar-refractivity contribution in [3.05, 3.63) is 0 Å². The zero-order valence-electron chi connectivity index (χ0n) is 10.3. The molecule has 0 saturated carbocycles. The van der Waals surface area contributed by atoms with Gasteiger partial charge >= 0.3 is 98.9 Å². The molecular formula is C9H25N3O3Ti.